The van der Waals surface area contributed by atoms with Gasteiger partial charge < -0.3 is 5.32 Å². The Balaban J connectivity index is 3.07. The van der Waals surface area contributed by atoms with E-state index in [1.807, 2.05) is 0 Å². The molecular weight excluding hydrogens is 188 g/mol. The molecule has 1 aromatic rings. The van der Waals surface area contributed by atoms with Crippen LogP contribution in [0.4, 0.5) is 0 Å². The number of hydrogen-bond acceptors (Lipinski definition) is 3. The number of rotatable bonds is 2. The lowest BCUT2D eigenvalue weighted by atomic mass is 10.3. The number of carbonyl (C=O) groups is 1. The van der Waals surface area contributed by atoms with Crippen molar-refractivity contribution < 1.29 is 4.79 Å². The highest BCUT2D eigenvalue weighted by molar-refractivity contribution is 7.71. The van der Waals surface area contributed by atoms with E-state index in [2.05, 4.69) is 15.5 Å². The molecule has 1 rings (SSSR count). The van der Waals surface area contributed by atoms with E-state index in [1.165, 1.54) is 0 Å². The van der Waals surface area contributed by atoms with E-state index >= 15 is 0 Å². The topological polar surface area (TPSA) is 62.7 Å². The Morgan fingerprint density at radius 2 is 2.38 bits per heavy atom. The van der Waals surface area contributed by atoms with Crippen LogP contribution < -0.4 is 5.32 Å². The molecule has 6 heteroatoms. The van der Waals surface area contributed by atoms with Crippen LogP contribution in [0.2, 0.25) is 0 Å². The summed E-state index contributed by atoms with van der Waals surface area (Å²) in [6.07, 6.45) is 0. The molecule has 2 N–H and O–H groups in total. The maximum Gasteiger partial charge on any atom is 0.242 e. The van der Waals surface area contributed by atoms with Gasteiger partial charge in [-0.15, -0.1) is 0 Å². The minimum atomic E-state index is -0.323. The Labute approximate surface area is 81.2 Å². The number of nitrogens with one attached hydrogen (secondary N) is 2. The molecule has 0 bridgehead atoms. The van der Waals surface area contributed by atoms with Crippen LogP contribution in [0.15, 0.2) is 0 Å². The van der Waals surface area contributed by atoms with E-state index in [0.29, 0.717) is 10.6 Å². The third-order valence-electron chi connectivity index (χ3n) is 1.89. The summed E-state index contributed by atoms with van der Waals surface area (Å²) in [6, 6.07) is -0.323. The second-order valence-electron chi connectivity index (χ2n) is 2.74. The van der Waals surface area contributed by atoms with Gasteiger partial charge in [-0.1, -0.05) is 0 Å². The molecule has 0 aromatic carbocycles. The highest BCUT2D eigenvalue weighted by Gasteiger charge is 2.16. The van der Waals surface area contributed by atoms with E-state index in [9.17, 15) is 4.79 Å². The van der Waals surface area contributed by atoms with Crippen molar-refractivity contribution in [3.05, 3.63) is 10.6 Å². The molecule has 1 amide bonds. The molecule has 0 aliphatic heterocycles. The molecular formula is C7H12N4OS. The molecule has 1 heterocycles. The average Bonchev–Trinajstić information content (AvgIpc) is 2.44. The number of aryl methyl sites for hydroxylation is 1. The molecule has 0 fully saturated rings. The second-order valence-corrected chi connectivity index (χ2v) is 3.12. The average molecular weight is 200 g/mol. The molecule has 1 atom stereocenters. The van der Waals surface area contributed by atoms with Crippen LogP contribution in [0.5, 0.6) is 0 Å². The van der Waals surface area contributed by atoms with Gasteiger partial charge in [0.15, 0.2) is 4.77 Å². The van der Waals surface area contributed by atoms with Crippen molar-refractivity contribution in [2.24, 2.45) is 0 Å². The van der Waals surface area contributed by atoms with E-state index in [-0.39, 0.29) is 11.9 Å². The summed E-state index contributed by atoms with van der Waals surface area (Å²) >= 11 is 4.98. The van der Waals surface area contributed by atoms with Gasteiger partial charge in [-0.2, -0.15) is 5.10 Å². The van der Waals surface area contributed by atoms with Gasteiger partial charge in [-0.25, -0.2) is 0 Å². The minimum Gasteiger partial charge on any atom is -0.357 e. The van der Waals surface area contributed by atoms with Crippen molar-refractivity contribution in [3.63, 3.8) is 0 Å². The van der Waals surface area contributed by atoms with E-state index in [4.69, 9.17) is 12.2 Å². The summed E-state index contributed by atoms with van der Waals surface area (Å²) in [5.74, 6) is 0.627. The standard InChI is InChI=1S/C7H12N4OS/c1-4(6(12)8-3)11-5(2)9-10-7(11)13/h4H,1-3H3,(H,8,12)(H,10,13). The SMILES string of the molecule is CNC(=O)C(C)n1c(C)n[nH]c1=S. The highest BCUT2D eigenvalue weighted by atomic mass is 32.1. The lowest BCUT2D eigenvalue weighted by Crippen LogP contribution is -2.28. The van der Waals surface area contributed by atoms with Crippen molar-refractivity contribution >= 4 is 18.1 Å². The summed E-state index contributed by atoms with van der Waals surface area (Å²) in [5, 5.41) is 9.11. The second kappa shape index (κ2) is 3.69. The molecule has 0 spiro atoms. The first-order valence-electron chi connectivity index (χ1n) is 3.93. The van der Waals surface area contributed by atoms with Crippen molar-refractivity contribution in [2.45, 2.75) is 19.9 Å². The Kier molecular flexibility index (Phi) is 2.82. The molecule has 72 valence electrons. The van der Waals surface area contributed by atoms with Gasteiger partial charge >= 0.3 is 0 Å². The predicted octanol–water partition coefficient (Wildman–Crippen LogP) is 0.556. The number of aromatic nitrogens is 3. The molecule has 5 nitrogen and oxygen atoms in total. The van der Waals surface area contributed by atoms with Crippen LogP contribution in [0, 0.1) is 11.7 Å². The maximum absolute atomic E-state index is 11.3. The summed E-state index contributed by atoms with van der Waals surface area (Å²) in [5.41, 5.74) is 0. The zero-order valence-electron chi connectivity index (χ0n) is 7.79. The first-order valence-corrected chi connectivity index (χ1v) is 4.34. The Hall–Kier alpha value is -1.17. The first kappa shape index (κ1) is 9.91. The summed E-state index contributed by atoms with van der Waals surface area (Å²) < 4.78 is 2.14. The molecule has 0 radical (unpaired) electrons. The minimum absolute atomic E-state index is 0.0828. The van der Waals surface area contributed by atoms with Crippen molar-refractivity contribution in [2.75, 3.05) is 7.05 Å². The van der Waals surface area contributed by atoms with Crippen molar-refractivity contribution in [1.82, 2.24) is 20.1 Å². The quantitative estimate of drug-likeness (QED) is 0.685. The van der Waals surface area contributed by atoms with E-state index < -0.39 is 0 Å². The smallest absolute Gasteiger partial charge is 0.242 e. The number of nitrogens with zero attached hydrogens (tertiary/aromatic N) is 2. The van der Waals surface area contributed by atoms with Crippen molar-refractivity contribution in [3.8, 4) is 0 Å². The monoisotopic (exact) mass is 200 g/mol. The molecule has 0 saturated carbocycles. The zero-order valence-corrected chi connectivity index (χ0v) is 8.60. The van der Waals surface area contributed by atoms with Crippen LogP contribution in [0.1, 0.15) is 18.8 Å². The molecule has 1 aromatic heterocycles. The summed E-state index contributed by atoms with van der Waals surface area (Å²) in [4.78, 5) is 11.3. The zero-order chi connectivity index (χ0) is 10.0. The van der Waals surface area contributed by atoms with Crippen LogP contribution in [0.25, 0.3) is 0 Å². The fraction of sp³-hybridized carbons (Fsp3) is 0.571. The number of likely N-dealkylation sites (N-methyl/N-ethyl adjacent to an activating group) is 1. The first-order chi connectivity index (χ1) is 6.07. The summed E-state index contributed by atoms with van der Waals surface area (Å²) in [7, 11) is 1.60. The molecule has 0 aliphatic rings. The molecule has 0 saturated heterocycles. The van der Waals surface area contributed by atoms with Crippen molar-refractivity contribution in [1.29, 1.82) is 0 Å². The fourth-order valence-electron chi connectivity index (χ4n) is 1.17. The van der Waals surface area contributed by atoms with Gasteiger partial charge in [-0.3, -0.25) is 14.5 Å². The number of amides is 1. The molecule has 13 heavy (non-hydrogen) atoms. The van der Waals surface area contributed by atoms with Crippen LogP contribution in [-0.2, 0) is 4.79 Å². The predicted molar refractivity (Wildman–Crippen MR) is 50.9 cm³/mol. The molecule has 0 aliphatic carbocycles. The Morgan fingerprint density at radius 1 is 1.77 bits per heavy atom. The fourth-order valence-corrected chi connectivity index (χ4v) is 1.50. The normalized spacial score (nSPS) is 12.5. The van der Waals surface area contributed by atoms with E-state index in [0.717, 1.165) is 0 Å². The van der Waals surface area contributed by atoms with Crippen LogP contribution in [0.3, 0.4) is 0 Å². The molecule has 1 unspecified atom stereocenters. The summed E-state index contributed by atoms with van der Waals surface area (Å²) in [6.45, 7) is 3.57. The third kappa shape index (κ3) is 1.77. The lowest BCUT2D eigenvalue weighted by Gasteiger charge is -2.11. The number of aromatic amines is 1. The third-order valence-corrected chi connectivity index (χ3v) is 2.18. The number of carbonyl (C=O) groups excluding carboxylic acids is 1. The van der Waals surface area contributed by atoms with Gasteiger partial charge in [0.05, 0.1) is 0 Å². The highest BCUT2D eigenvalue weighted by Crippen LogP contribution is 2.08. The number of H-pyrrole nitrogens is 1. The maximum atomic E-state index is 11.3. The largest absolute Gasteiger partial charge is 0.357 e. The Morgan fingerprint density at radius 3 is 2.77 bits per heavy atom. The van der Waals surface area contributed by atoms with E-state index in [1.54, 1.807) is 25.5 Å². The lowest BCUT2D eigenvalue weighted by molar-refractivity contribution is -0.123. The Bertz CT molecular complexity index is 367. The number of hydrogen-bond donors (Lipinski definition) is 2. The van der Waals surface area contributed by atoms with Gasteiger partial charge in [0.2, 0.25) is 5.91 Å². The van der Waals surface area contributed by atoms with Crippen LogP contribution in [-0.4, -0.2) is 27.7 Å². The van der Waals surface area contributed by atoms with Gasteiger partial charge in [-0.05, 0) is 26.1 Å². The van der Waals surface area contributed by atoms with Gasteiger partial charge in [0.1, 0.15) is 11.9 Å². The van der Waals surface area contributed by atoms with Crippen LogP contribution >= 0.6 is 12.2 Å². The van der Waals surface area contributed by atoms with Gasteiger partial charge in [0.25, 0.3) is 0 Å². The van der Waals surface area contributed by atoms with Gasteiger partial charge in [0, 0.05) is 7.05 Å².